The van der Waals surface area contributed by atoms with E-state index in [2.05, 4.69) is 42.3 Å². The van der Waals surface area contributed by atoms with E-state index in [1.54, 1.807) is 12.1 Å². The fraction of sp³-hybridized carbons (Fsp3) is 0.409. The molecule has 2 aromatic rings. The van der Waals surface area contributed by atoms with Gasteiger partial charge in [0.1, 0.15) is 5.82 Å². The van der Waals surface area contributed by atoms with E-state index in [4.69, 9.17) is 0 Å². The number of para-hydroxylation sites is 1. The van der Waals surface area contributed by atoms with Crippen LogP contribution in [0.15, 0.2) is 42.5 Å². The van der Waals surface area contributed by atoms with Gasteiger partial charge in [0, 0.05) is 18.3 Å². The Balaban J connectivity index is 1.68. The van der Waals surface area contributed by atoms with E-state index in [9.17, 15) is 9.18 Å². The molecule has 1 aliphatic carbocycles. The molecule has 1 aliphatic rings. The fourth-order valence-corrected chi connectivity index (χ4v) is 3.34. The predicted octanol–water partition coefficient (Wildman–Crippen LogP) is 4.55. The minimum Gasteiger partial charge on any atom is -0.324 e. The first kappa shape index (κ1) is 18.6. The summed E-state index contributed by atoms with van der Waals surface area (Å²) in [4.78, 5) is 14.9. The Kier molecular flexibility index (Phi) is 6.04. The number of carbonyl (C=O) groups excluding carboxylic acids is 1. The molecule has 1 amide bonds. The summed E-state index contributed by atoms with van der Waals surface area (Å²) in [5.41, 5.74) is 4.36. The summed E-state index contributed by atoms with van der Waals surface area (Å²) in [5.74, 6) is -0.206. The maximum atomic E-state index is 13.1. The zero-order chi connectivity index (χ0) is 18.5. The summed E-state index contributed by atoms with van der Waals surface area (Å²) in [6.45, 7) is 5.25. The third-order valence-electron chi connectivity index (χ3n) is 4.97. The molecule has 0 bridgehead atoms. The second-order valence-corrected chi connectivity index (χ2v) is 6.97. The van der Waals surface area contributed by atoms with Crippen molar-refractivity contribution in [3.8, 4) is 0 Å². The highest BCUT2D eigenvalue weighted by atomic mass is 19.1. The summed E-state index contributed by atoms with van der Waals surface area (Å²) >= 11 is 0. The number of nitrogens with one attached hydrogen (secondary N) is 1. The first-order chi connectivity index (χ1) is 12.6. The third-order valence-corrected chi connectivity index (χ3v) is 4.97. The minimum atomic E-state index is -0.229. The standard InChI is InChI=1S/C22H27FN2O/c1-3-17-6-5-7-18(4-2)22(17)24-21(26)15-25(20-12-13-20)14-16-8-10-19(23)11-9-16/h5-11,20H,3-4,12-15H2,1-2H3,(H,24,26). The average molecular weight is 354 g/mol. The highest BCUT2D eigenvalue weighted by Crippen LogP contribution is 2.29. The summed E-state index contributed by atoms with van der Waals surface area (Å²) in [5, 5.41) is 3.15. The SMILES string of the molecule is CCc1cccc(CC)c1NC(=O)CN(Cc1ccc(F)cc1)C1CC1. The van der Waals surface area contributed by atoms with E-state index in [1.807, 2.05) is 0 Å². The molecule has 26 heavy (non-hydrogen) atoms. The van der Waals surface area contributed by atoms with Crippen molar-refractivity contribution in [2.24, 2.45) is 0 Å². The molecule has 0 spiro atoms. The van der Waals surface area contributed by atoms with Gasteiger partial charge in [0.2, 0.25) is 5.91 Å². The monoisotopic (exact) mass is 354 g/mol. The van der Waals surface area contributed by atoms with Crippen LogP contribution in [0, 0.1) is 5.82 Å². The van der Waals surface area contributed by atoms with Crippen LogP contribution in [0.2, 0.25) is 0 Å². The van der Waals surface area contributed by atoms with E-state index in [-0.39, 0.29) is 11.7 Å². The number of benzene rings is 2. The van der Waals surface area contributed by atoms with Crippen LogP contribution >= 0.6 is 0 Å². The number of rotatable bonds is 8. The Labute approximate surface area is 155 Å². The maximum Gasteiger partial charge on any atom is 0.238 e. The van der Waals surface area contributed by atoms with Crippen LogP contribution in [0.1, 0.15) is 43.4 Å². The zero-order valence-corrected chi connectivity index (χ0v) is 15.6. The lowest BCUT2D eigenvalue weighted by Gasteiger charge is -2.22. The highest BCUT2D eigenvalue weighted by molar-refractivity contribution is 5.93. The molecule has 0 unspecified atom stereocenters. The van der Waals surface area contributed by atoms with Crippen molar-refractivity contribution < 1.29 is 9.18 Å². The lowest BCUT2D eigenvalue weighted by molar-refractivity contribution is -0.117. The van der Waals surface area contributed by atoms with Gasteiger partial charge in [0.25, 0.3) is 0 Å². The predicted molar refractivity (Wildman–Crippen MR) is 104 cm³/mol. The number of halogens is 1. The van der Waals surface area contributed by atoms with E-state index < -0.39 is 0 Å². The van der Waals surface area contributed by atoms with Crippen molar-refractivity contribution in [3.63, 3.8) is 0 Å². The fourth-order valence-electron chi connectivity index (χ4n) is 3.34. The quantitative estimate of drug-likeness (QED) is 0.754. The molecule has 1 fully saturated rings. The molecule has 1 N–H and O–H groups in total. The van der Waals surface area contributed by atoms with Gasteiger partial charge in [-0.25, -0.2) is 4.39 Å². The Morgan fingerprint density at radius 2 is 1.69 bits per heavy atom. The Hall–Kier alpha value is -2.20. The van der Waals surface area contributed by atoms with Gasteiger partial charge >= 0.3 is 0 Å². The molecule has 0 saturated heterocycles. The molecule has 3 rings (SSSR count). The molecule has 1 saturated carbocycles. The number of nitrogens with zero attached hydrogens (tertiary/aromatic N) is 1. The highest BCUT2D eigenvalue weighted by Gasteiger charge is 2.30. The van der Waals surface area contributed by atoms with Gasteiger partial charge in [-0.1, -0.05) is 44.2 Å². The minimum absolute atomic E-state index is 0.0228. The topological polar surface area (TPSA) is 32.3 Å². The van der Waals surface area contributed by atoms with Gasteiger partial charge in [-0.05, 0) is 54.5 Å². The first-order valence-corrected chi connectivity index (χ1v) is 9.49. The number of hydrogen-bond donors (Lipinski definition) is 1. The van der Waals surface area contributed by atoms with Crippen molar-refractivity contribution in [2.45, 2.75) is 52.1 Å². The van der Waals surface area contributed by atoms with Crippen LogP contribution in [0.25, 0.3) is 0 Å². The number of aryl methyl sites for hydroxylation is 2. The molecule has 4 heteroatoms. The molecule has 0 aromatic heterocycles. The maximum absolute atomic E-state index is 13.1. The van der Waals surface area contributed by atoms with E-state index in [0.29, 0.717) is 19.1 Å². The number of carbonyl (C=O) groups is 1. The third kappa shape index (κ3) is 4.70. The van der Waals surface area contributed by atoms with E-state index in [0.717, 1.165) is 36.9 Å². The van der Waals surface area contributed by atoms with Crippen LogP contribution in [-0.4, -0.2) is 23.4 Å². The molecular formula is C22H27FN2O. The van der Waals surface area contributed by atoms with Gasteiger partial charge in [-0.15, -0.1) is 0 Å². The van der Waals surface area contributed by atoms with Crippen molar-refractivity contribution >= 4 is 11.6 Å². The first-order valence-electron chi connectivity index (χ1n) is 9.49. The Morgan fingerprint density at radius 3 is 2.23 bits per heavy atom. The van der Waals surface area contributed by atoms with Crippen LogP contribution in [0.3, 0.4) is 0 Å². The molecular weight excluding hydrogens is 327 g/mol. The number of amides is 1. The summed E-state index contributed by atoms with van der Waals surface area (Å²) in [6, 6.07) is 13.2. The van der Waals surface area contributed by atoms with Gasteiger partial charge in [0.05, 0.1) is 6.54 Å². The van der Waals surface area contributed by atoms with Gasteiger partial charge < -0.3 is 5.32 Å². The number of hydrogen-bond acceptors (Lipinski definition) is 2. The van der Waals surface area contributed by atoms with E-state index in [1.165, 1.54) is 23.3 Å². The normalized spacial score (nSPS) is 13.8. The molecule has 138 valence electrons. The second kappa shape index (κ2) is 8.45. The van der Waals surface area contributed by atoms with Gasteiger partial charge in [0.15, 0.2) is 0 Å². The van der Waals surface area contributed by atoms with Crippen LogP contribution in [0.4, 0.5) is 10.1 Å². The zero-order valence-electron chi connectivity index (χ0n) is 15.6. The summed E-state index contributed by atoms with van der Waals surface area (Å²) in [7, 11) is 0. The smallest absolute Gasteiger partial charge is 0.238 e. The molecule has 2 aromatic carbocycles. The second-order valence-electron chi connectivity index (χ2n) is 6.97. The Bertz CT molecular complexity index is 731. The van der Waals surface area contributed by atoms with Crippen LogP contribution < -0.4 is 5.32 Å². The molecule has 0 aliphatic heterocycles. The van der Waals surface area contributed by atoms with Gasteiger partial charge in [-0.2, -0.15) is 0 Å². The number of anilines is 1. The van der Waals surface area contributed by atoms with Crippen LogP contribution in [-0.2, 0) is 24.2 Å². The largest absolute Gasteiger partial charge is 0.324 e. The summed E-state index contributed by atoms with van der Waals surface area (Å²) in [6.07, 6.45) is 4.04. The van der Waals surface area contributed by atoms with Crippen LogP contribution in [0.5, 0.6) is 0 Å². The Morgan fingerprint density at radius 1 is 1.08 bits per heavy atom. The van der Waals surface area contributed by atoms with Crippen molar-refractivity contribution in [1.29, 1.82) is 0 Å². The van der Waals surface area contributed by atoms with Crippen molar-refractivity contribution in [2.75, 3.05) is 11.9 Å². The van der Waals surface area contributed by atoms with Crippen molar-refractivity contribution in [3.05, 3.63) is 65.0 Å². The van der Waals surface area contributed by atoms with Gasteiger partial charge in [-0.3, -0.25) is 9.69 Å². The van der Waals surface area contributed by atoms with E-state index >= 15 is 0 Å². The molecule has 0 radical (unpaired) electrons. The van der Waals surface area contributed by atoms with Crippen molar-refractivity contribution in [1.82, 2.24) is 4.90 Å². The molecule has 3 nitrogen and oxygen atoms in total. The average Bonchev–Trinajstić information content (AvgIpc) is 3.48. The summed E-state index contributed by atoms with van der Waals surface area (Å²) < 4.78 is 13.1. The lowest BCUT2D eigenvalue weighted by atomic mass is 10.0. The molecule has 0 heterocycles. The molecule has 0 atom stereocenters. The lowest BCUT2D eigenvalue weighted by Crippen LogP contribution is -2.34.